The summed E-state index contributed by atoms with van der Waals surface area (Å²) in [6, 6.07) is 6.54. The fraction of sp³-hybridized carbons (Fsp3) is 0.286. The number of Topliss-reactive ketones (excluding diaryl/α,β-unsaturated/α-hetero) is 2. The van der Waals surface area contributed by atoms with Gasteiger partial charge in [-0.05, 0) is 19.3 Å². The van der Waals surface area contributed by atoms with E-state index in [1.807, 2.05) is 0 Å². The molecule has 0 unspecified atom stereocenters. The molecule has 4 heteroatoms. The van der Waals surface area contributed by atoms with E-state index in [-0.39, 0.29) is 23.5 Å². The van der Waals surface area contributed by atoms with Crippen LogP contribution in [0.3, 0.4) is 0 Å². The molecule has 0 bridgehead atoms. The topological polar surface area (TPSA) is 74.6 Å². The summed E-state index contributed by atoms with van der Waals surface area (Å²) in [5, 5.41) is 18.8. The van der Waals surface area contributed by atoms with Gasteiger partial charge in [0.15, 0.2) is 0 Å². The molecule has 0 atom stereocenters. The minimum absolute atomic E-state index is 0.0345. The van der Waals surface area contributed by atoms with Crippen molar-refractivity contribution >= 4 is 17.3 Å². The summed E-state index contributed by atoms with van der Waals surface area (Å²) in [6.07, 6.45) is 1.42. The van der Waals surface area contributed by atoms with Gasteiger partial charge in [-0.15, -0.1) is 0 Å². The second-order valence-corrected chi connectivity index (χ2v) is 4.21. The van der Waals surface area contributed by atoms with E-state index in [1.54, 1.807) is 18.2 Å². The van der Waals surface area contributed by atoms with E-state index >= 15 is 0 Å². The molecule has 0 saturated heterocycles. The standard InChI is InChI=1S/C14H14O4/c15-8-4-3-7-11-12(16)9-5-1-2-6-10(9)13(17)14(11)18/h1-2,5-6,15-16H,3-4,7-8H2. The van der Waals surface area contributed by atoms with Crippen LogP contribution in [0.15, 0.2) is 29.8 Å². The number of carbonyl (C=O) groups excluding carboxylic acids is 2. The number of fused-ring (bicyclic) bond motifs is 1. The minimum atomic E-state index is -0.635. The number of carbonyl (C=O) groups is 2. The van der Waals surface area contributed by atoms with Crippen LogP contribution in [-0.2, 0) is 4.79 Å². The first-order chi connectivity index (χ1) is 8.66. The predicted octanol–water partition coefficient (Wildman–Crippen LogP) is 1.88. The Bertz CT molecular complexity index is 528. The summed E-state index contributed by atoms with van der Waals surface area (Å²) in [4.78, 5) is 23.7. The molecule has 0 fully saturated rings. The quantitative estimate of drug-likeness (QED) is 0.628. The van der Waals surface area contributed by atoms with E-state index in [2.05, 4.69) is 0 Å². The molecule has 2 N–H and O–H groups in total. The van der Waals surface area contributed by atoms with Crippen LogP contribution in [0, 0.1) is 0 Å². The smallest absolute Gasteiger partial charge is 0.234 e. The van der Waals surface area contributed by atoms with Crippen molar-refractivity contribution in [2.75, 3.05) is 6.61 Å². The van der Waals surface area contributed by atoms with Crippen molar-refractivity contribution in [1.29, 1.82) is 0 Å². The van der Waals surface area contributed by atoms with Gasteiger partial charge in [-0.1, -0.05) is 24.3 Å². The van der Waals surface area contributed by atoms with Gasteiger partial charge in [0.2, 0.25) is 11.6 Å². The third kappa shape index (κ3) is 2.07. The first kappa shape index (κ1) is 12.5. The highest BCUT2D eigenvalue weighted by molar-refractivity contribution is 6.52. The Morgan fingerprint density at radius 2 is 1.61 bits per heavy atom. The molecule has 1 aromatic carbocycles. The number of benzene rings is 1. The van der Waals surface area contributed by atoms with Crippen molar-refractivity contribution < 1.29 is 19.8 Å². The van der Waals surface area contributed by atoms with Gasteiger partial charge in [-0.2, -0.15) is 0 Å². The van der Waals surface area contributed by atoms with Crippen molar-refractivity contribution in [3.05, 3.63) is 41.0 Å². The van der Waals surface area contributed by atoms with Crippen molar-refractivity contribution in [3.63, 3.8) is 0 Å². The maximum Gasteiger partial charge on any atom is 0.234 e. The number of hydrogen-bond acceptors (Lipinski definition) is 4. The van der Waals surface area contributed by atoms with Gasteiger partial charge in [0.1, 0.15) is 5.76 Å². The Morgan fingerprint density at radius 1 is 0.944 bits per heavy atom. The average molecular weight is 246 g/mol. The summed E-state index contributed by atoms with van der Waals surface area (Å²) < 4.78 is 0. The molecule has 0 amide bonds. The summed E-state index contributed by atoms with van der Waals surface area (Å²) in [7, 11) is 0. The van der Waals surface area contributed by atoms with Gasteiger partial charge in [0, 0.05) is 23.3 Å². The van der Waals surface area contributed by atoms with Crippen molar-refractivity contribution in [1.82, 2.24) is 0 Å². The van der Waals surface area contributed by atoms with Crippen molar-refractivity contribution in [2.45, 2.75) is 19.3 Å². The minimum Gasteiger partial charge on any atom is -0.507 e. The monoisotopic (exact) mass is 246 g/mol. The molecule has 1 aromatic rings. The summed E-state index contributed by atoms with van der Waals surface area (Å²) in [6.45, 7) is 0.0345. The molecule has 94 valence electrons. The van der Waals surface area contributed by atoms with Gasteiger partial charge in [0.25, 0.3) is 0 Å². The van der Waals surface area contributed by atoms with E-state index in [4.69, 9.17) is 5.11 Å². The fourth-order valence-corrected chi connectivity index (χ4v) is 2.06. The molecule has 1 aliphatic rings. The van der Waals surface area contributed by atoms with Crippen LogP contribution in [0.1, 0.15) is 35.2 Å². The molecular formula is C14H14O4. The second-order valence-electron chi connectivity index (χ2n) is 4.21. The van der Waals surface area contributed by atoms with Crippen LogP contribution in [0.25, 0.3) is 5.76 Å². The second kappa shape index (κ2) is 5.14. The number of ketones is 2. The molecule has 18 heavy (non-hydrogen) atoms. The van der Waals surface area contributed by atoms with Gasteiger partial charge in [0.05, 0.1) is 0 Å². The Hall–Kier alpha value is -1.94. The lowest BCUT2D eigenvalue weighted by Gasteiger charge is -2.17. The molecule has 2 rings (SSSR count). The zero-order valence-electron chi connectivity index (χ0n) is 9.85. The number of aliphatic hydroxyl groups excluding tert-OH is 2. The molecule has 1 aliphatic carbocycles. The number of allylic oxidation sites excluding steroid dienone is 1. The van der Waals surface area contributed by atoms with E-state index < -0.39 is 11.6 Å². The first-order valence-electron chi connectivity index (χ1n) is 5.88. The molecular weight excluding hydrogens is 232 g/mol. The third-order valence-corrected chi connectivity index (χ3v) is 3.03. The summed E-state index contributed by atoms with van der Waals surface area (Å²) >= 11 is 0. The number of aliphatic hydroxyl groups is 2. The maximum absolute atomic E-state index is 11.9. The van der Waals surface area contributed by atoms with Crippen LogP contribution in [0.5, 0.6) is 0 Å². The molecule has 0 spiro atoms. The average Bonchev–Trinajstić information content (AvgIpc) is 2.40. The lowest BCUT2D eigenvalue weighted by molar-refractivity contribution is -0.112. The van der Waals surface area contributed by atoms with Crippen molar-refractivity contribution in [3.8, 4) is 0 Å². The molecule has 0 aliphatic heterocycles. The largest absolute Gasteiger partial charge is 0.507 e. The van der Waals surface area contributed by atoms with Crippen LogP contribution in [0.4, 0.5) is 0 Å². The van der Waals surface area contributed by atoms with Crippen LogP contribution in [-0.4, -0.2) is 28.4 Å². The Morgan fingerprint density at radius 3 is 2.28 bits per heavy atom. The Balaban J connectivity index is 2.39. The molecule has 4 nitrogen and oxygen atoms in total. The summed E-state index contributed by atoms with van der Waals surface area (Å²) in [5.74, 6) is -1.31. The molecule has 0 heterocycles. The van der Waals surface area contributed by atoms with Gasteiger partial charge in [-0.3, -0.25) is 9.59 Å². The van der Waals surface area contributed by atoms with Gasteiger partial charge < -0.3 is 10.2 Å². The van der Waals surface area contributed by atoms with Crippen molar-refractivity contribution in [2.24, 2.45) is 0 Å². The number of unbranched alkanes of at least 4 members (excludes halogenated alkanes) is 1. The van der Waals surface area contributed by atoms with Gasteiger partial charge in [-0.25, -0.2) is 0 Å². The predicted molar refractivity (Wildman–Crippen MR) is 66.3 cm³/mol. The van der Waals surface area contributed by atoms with E-state index in [0.29, 0.717) is 24.8 Å². The lowest BCUT2D eigenvalue weighted by atomic mass is 9.86. The zero-order valence-corrected chi connectivity index (χ0v) is 9.85. The van der Waals surface area contributed by atoms with Crippen LogP contribution >= 0.6 is 0 Å². The summed E-state index contributed by atoms with van der Waals surface area (Å²) in [5.41, 5.74) is 0.833. The zero-order chi connectivity index (χ0) is 13.1. The van der Waals surface area contributed by atoms with Crippen LogP contribution < -0.4 is 0 Å². The molecule has 0 radical (unpaired) electrons. The molecule has 0 saturated carbocycles. The highest BCUT2D eigenvalue weighted by atomic mass is 16.3. The highest BCUT2D eigenvalue weighted by Crippen LogP contribution is 2.29. The van der Waals surface area contributed by atoms with Gasteiger partial charge >= 0.3 is 0 Å². The SMILES string of the molecule is O=C1C(=O)c2ccccc2C(O)=C1CCCCO. The fourth-order valence-electron chi connectivity index (χ4n) is 2.06. The Kier molecular flexibility index (Phi) is 3.58. The first-order valence-corrected chi connectivity index (χ1v) is 5.88. The van der Waals surface area contributed by atoms with E-state index in [1.165, 1.54) is 6.07 Å². The number of rotatable bonds is 4. The maximum atomic E-state index is 11.9. The third-order valence-electron chi connectivity index (χ3n) is 3.03. The van der Waals surface area contributed by atoms with E-state index in [0.717, 1.165) is 0 Å². The highest BCUT2D eigenvalue weighted by Gasteiger charge is 2.31. The normalized spacial score (nSPS) is 14.9. The molecule has 0 aromatic heterocycles. The number of hydrogen-bond donors (Lipinski definition) is 2. The lowest BCUT2D eigenvalue weighted by Crippen LogP contribution is -2.24. The van der Waals surface area contributed by atoms with E-state index in [9.17, 15) is 14.7 Å². The Labute approximate surface area is 105 Å². The van der Waals surface area contributed by atoms with Crippen LogP contribution in [0.2, 0.25) is 0 Å².